The van der Waals surface area contributed by atoms with Crippen LogP contribution in [-0.4, -0.2) is 57.8 Å². The molecule has 0 aliphatic heterocycles. The summed E-state index contributed by atoms with van der Waals surface area (Å²) in [7, 11) is 0. The van der Waals surface area contributed by atoms with Crippen LogP contribution >= 0.6 is 0 Å². The van der Waals surface area contributed by atoms with Crippen molar-refractivity contribution in [1.82, 2.24) is 10.2 Å². The molecule has 3 amide bonds. The van der Waals surface area contributed by atoms with Crippen molar-refractivity contribution in [3.8, 4) is 5.75 Å². The van der Waals surface area contributed by atoms with Gasteiger partial charge in [-0.1, -0.05) is 56.9 Å². The van der Waals surface area contributed by atoms with Gasteiger partial charge in [-0.2, -0.15) is 0 Å². The lowest BCUT2D eigenvalue weighted by molar-refractivity contribution is -0.141. The normalized spacial score (nSPS) is 12.8. The fraction of sp³-hybridized carbons (Fsp3) is 0.531. The second-order valence-electron chi connectivity index (χ2n) is 11.5. The standard InChI is InChI=1S/C32H47N3O6/c1-8-9-10-11-12-18-35(30(39)25(20-36)33-31(40)41-32(5,6)7)28(24-16-17-26(37)23(4)19-24)29(38)34-27-21(2)14-13-15-22(27)3/h13-17,19,25,28,36-37H,8-12,18,20H2,1-7H3,(H,33,40)(H,34,38). The zero-order valence-electron chi connectivity index (χ0n) is 25.5. The number of phenols is 1. The van der Waals surface area contributed by atoms with Gasteiger partial charge in [-0.15, -0.1) is 0 Å². The Kier molecular flexibility index (Phi) is 12.6. The molecule has 0 saturated carbocycles. The van der Waals surface area contributed by atoms with Crippen LogP contribution in [0.15, 0.2) is 36.4 Å². The van der Waals surface area contributed by atoms with Crippen molar-refractivity contribution < 1.29 is 29.3 Å². The summed E-state index contributed by atoms with van der Waals surface area (Å²) in [5.74, 6) is -0.982. The number of aromatic hydroxyl groups is 1. The maximum absolute atomic E-state index is 14.1. The van der Waals surface area contributed by atoms with Crippen LogP contribution in [0.2, 0.25) is 0 Å². The number of unbranched alkanes of at least 4 members (excludes halogenated alkanes) is 4. The predicted molar refractivity (Wildman–Crippen MR) is 161 cm³/mol. The molecule has 0 radical (unpaired) electrons. The Bertz CT molecular complexity index is 1170. The van der Waals surface area contributed by atoms with E-state index in [4.69, 9.17) is 4.74 Å². The highest BCUT2D eigenvalue weighted by atomic mass is 16.6. The van der Waals surface area contributed by atoms with E-state index in [0.717, 1.165) is 36.8 Å². The molecule has 41 heavy (non-hydrogen) atoms. The van der Waals surface area contributed by atoms with Gasteiger partial charge in [0.2, 0.25) is 5.91 Å². The molecule has 0 bridgehead atoms. The largest absolute Gasteiger partial charge is 0.508 e. The number of hydrogen-bond acceptors (Lipinski definition) is 6. The fourth-order valence-electron chi connectivity index (χ4n) is 4.61. The first kappa shape index (κ1) is 33.6. The number of aryl methyl sites for hydroxylation is 3. The molecular formula is C32H47N3O6. The van der Waals surface area contributed by atoms with Crippen LogP contribution < -0.4 is 10.6 Å². The van der Waals surface area contributed by atoms with E-state index in [1.807, 2.05) is 32.0 Å². The molecule has 0 spiro atoms. The number of hydrogen-bond donors (Lipinski definition) is 4. The van der Waals surface area contributed by atoms with Crippen molar-refractivity contribution in [1.29, 1.82) is 0 Å². The first-order valence-electron chi connectivity index (χ1n) is 14.4. The highest BCUT2D eigenvalue weighted by Gasteiger charge is 2.36. The molecule has 0 aromatic heterocycles. The Morgan fingerprint density at radius 3 is 2.15 bits per heavy atom. The number of phenolic OH excluding ortho intramolecular Hbond substituents is 1. The van der Waals surface area contributed by atoms with Gasteiger partial charge in [0.05, 0.1) is 6.61 Å². The van der Waals surface area contributed by atoms with Crippen LogP contribution in [0.5, 0.6) is 5.75 Å². The Balaban J connectivity index is 2.55. The average molecular weight is 570 g/mol. The summed E-state index contributed by atoms with van der Waals surface area (Å²) in [6, 6.07) is 8.06. The van der Waals surface area contributed by atoms with Crippen LogP contribution in [0, 0.1) is 20.8 Å². The summed E-state index contributed by atoms with van der Waals surface area (Å²) in [4.78, 5) is 42.0. The Labute approximate surface area is 244 Å². The molecule has 0 saturated heterocycles. The minimum absolute atomic E-state index is 0.0694. The molecule has 0 aliphatic carbocycles. The first-order valence-corrected chi connectivity index (χ1v) is 14.4. The summed E-state index contributed by atoms with van der Waals surface area (Å²) < 4.78 is 5.31. The van der Waals surface area contributed by atoms with E-state index in [-0.39, 0.29) is 12.3 Å². The van der Waals surface area contributed by atoms with Crippen LogP contribution in [0.4, 0.5) is 10.5 Å². The molecule has 9 nitrogen and oxygen atoms in total. The van der Waals surface area contributed by atoms with Gasteiger partial charge in [0.15, 0.2) is 0 Å². The number of para-hydroxylation sites is 1. The number of ether oxygens (including phenoxy) is 1. The summed E-state index contributed by atoms with van der Waals surface area (Å²) in [5.41, 5.74) is 2.64. The van der Waals surface area contributed by atoms with Gasteiger partial charge in [0.25, 0.3) is 5.91 Å². The fourth-order valence-corrected chi connectivity index (χ4v) is 4.61. The topological polar surface area (TPSA) is 128 Å². The summed E-state index contributed by atoms with van der Waals surface area (Å²) in [5, 5.41) is 25.8. The van der Waals surface area contributed by atoms with Gasteiger partial charge in [-0.3, -0.25) is 9.59 Å². The smallest absolute Gasteiger partial charge is 0.408 e. The van der Waals surface area contributed by atoms with Gasteiger partial charge < -0.3 is 30.5 Å². The summed E-state index contributed by atoms with van der Waals surface area (Å²) in [6.07, 6.45) is 3.73. The molecular weight excluding hydrogens is 522 g/mol. The lowest BCUT2D eigenvalue weighted by Crippen LogP contribution is -2.54. The minimum Gasteiger partial charge on any atom is -0.508 e. The average Bonchev–Trinajstić information content (AvgIpc) is 2.89. The van der Waals surface area contributed by atoms with Crippen LogP contribution in [0.1, 0.15) is 88.1 Å². The molecule has 0 fully saturated rings. The third kappa shape index (κ3) is 10.1. The number of rotatable bonds is 13. The van der Waals surface area contributed by atoms with Crippen LogP contribution in [0.25, 0.3) is 0 Å². The van der Waals surface area contributed by atoms with E-state index in [9.17, 15) is 24.6 Å². The van der Waals surface area contributed by atoms with Crippen molar-refractivity contribution in [2.24, 2.45) is 0 Å². The minimum atomic E-state index is -1.32. The number of anilines is 1. The van der Waals surface area contributed by atoms with Gasteiger partial charge in [-0.05, 0) is 82.3 Å². The Morgan fingerprint density at radius 1 is 0.951 bits per heavy atom. The number of nitrogens with one attached hydrogen (secondary N) is 2. The third-order valence-electron chi connectivity index (χ3n) is 6.78. The number of nitrogens with zero attached hydrogens (tertiary/aromatic N) is 1. The van der Waals surface area contributed by atoms with E-state index >= 15 is 0 Å². The highest BCUT2D eigenvalue weighted by Crippen LogP contribution is 2.30. The van der Waals surface area contributed by atoms with Crippen molar-refractivity contribution in [2.75, 3.05) is 18.5 Å². The molecule has 9 heteroatoms. The maximum atomic E-state index is 14.1. The maximum Gasteiger partial charge on any atom is 0.408 e. The molecule has 2 unspecified atom stereocenters. The van der Waals surface area contributed by atoms with Crippen molar-refractivity contribution in [2.45, 2.75) is 98.3 Å². The number of carbonyl (C=O) groups excluding carboxylic acids is 3. The zero-order valence-corrected chi connectivity index (χ0v) is 25.5. The van der Waals surface area contributed by atoms with Crippen molar-refractivity contribution in [3.05, 3.63) is 58.7 Å². The number of carbonyl (C=O) groups is 3. The highest BCUT2D eigenvalue weighted by molar-refractivity contribution is 6.00. The molecule has 4 N–H and O–H groups in total. The monoisotopic (exact) mass is 569 g/mol. The van der Waals surface area contributed by atoms with E-state index in [1.165, 1.54) is 11.0 Å². The van der Waals surface area contributed by atoms with Gasteiger partial charge >= 0.3 is 6.09 Å². The lowest BCUT2D eigenvalue weighted by Gasteiger charge is -2.34. The molecule has 226 valence electrons. The predicted octanol–water partition coefficient (Wildman–Crippen LogP) is 5.68. The molecule has 2 aromatic rings. The molecule has 2 rings (SSSR count). The lowest BCUT2D eigenvalue weighted by atomic mass is 9.99. The number of alkyl carbamates (subject to hydrolysis) is 1. The third-order valence-corrected chi connectivity index (χ3v) is 6.78. The van der Waals surface area contributed by atoms with Crippen LogP contribution in [-0.2, 0) is 14.3 Å². The molecule has 2 atom stereocenters. The second-order valence-corrected chi connectivity index (χ2v) is 11.5. The Hall–Kier alpha value is -3.59. The number of aliphatic hydroxyl groups excluding tert-OH is 1. The first-order chi connectivity index (χ1) is 19.3. The summed E-state index contributed by atoms with van der Waals surface area (Å²) >= 11 is 0. The van der Waals surface area contributed by atoms with Gasteiger partial charge in [0.1, 0.15) is 23.4 Å². The van der Waals surface area contributed by atoms with E-state index in [1.54, 1.807) is 39.8 Å². The SMILES string of the molecule is CCCCCCCN(C(=O)C(CO)NC(=O)OC(C)(C)C)C(C(=O)Nc1c(C)cccc1C)c1ccc(O)c(C)c1. The van der Waals surface area contributed by atoms with Gasteiger partial charge in [-0.25, -0.2) is 4.79 Å². The molecule has 0 aliphatic rings. The van der Waals surface area contributed by atoms with Crippen molar-refractivity contribution >= 4 is 23.6 Å². The number of aliphatic hydroxyl groups is 1. The number of benzene rings is 2. The molecule has 0 heterocycles. The van der Waals surface area contributed by atoms with Crippen molar-refractivity contribution in [3.63, 3.8) is 0 Å². The van der Waals surface area contributed by atoms with Gasteiger partial charge in [0, 0.05) is 12.2 Å². The number of amides is 3. The molecule has 2 aromatic carbocycles. The quantitative estimate of drug-likeness (QED) is 0.230. The zero-order chi connectivity index (χ0) is 30.7. The Morgan fingerprint density at radius 2 is 1.59 bits per heavy atom. The second kappa shape index (κ2) is 15.4. The van der Waals surface area contributed by atoms with E-state index < -0.39 is 42.2 Å². The van der Waals surface area contributed by atoms with E-state index in [0.29, 0.717) is 23.2 Å². The van der Waals surface area contributed by atoms with E-state index in [2.05, 4.69) is 17.6 Å². The van der Waals surface area contributed by atoms with Crippen LogP contribution in [0.3, 0.4) is 0 Å². The summed E-state index contributed by atoms with van der Waals surface area (Å²) in [6.45, 7) is 12.3.